The van der Waals surface area contributed by atoms with Crippen LogP contribution in [-0.2, 0) is 0 Å². The highest BCUT2D eigenvalue weighted by molar-refractivity contribution is 6.05. The zero-order chi connectivity index (χ0) is 21.1. The molecule has 1 heterocycles. The van der Waals surface area contributed by atoms with Gasteiger partial charge < -0.3 is 15.3 Å². The van der Waals surface area contributed by atoms with Crippen molar-refractivity contribution in [2.45, 2.75) is 44.6 Å². The lowest BCUT2D eigenvalue weighted by Crippen LogP contribution is -2.49. The molecule has 2 aromatic rings. The zero-order valence-electron chi connectivity index (χ0n) is 16.8. The van der Waals surface area contributed by atoms with Gasteiger partial charge in [-0.3, -0.25) is 9.59 Å². The minimum absolute atomic E-state index is 0.0775. The van der Waals surface area contributed by atoms with Crippen LogP contribution < -0.4 is 5.32 Å². The van der Waals surface area contributed by atoms with Crippen LogP contribution in [0.4, 0.5) is 5.69 Å². The minimum atomic E-state index is -1.03. The predicted octanol–water partition coefficient (Wildman–Crippen LogP) is 4.43. The standard InChI is InChI=1S/C24H26N2O4/c27-22(17-7-9-19(10-8-17)24(29)30)25-20-13-11-18(12-14-20)23(28)26-15-3-5-16-4-1-2-6-21(16)26/h7-14,16,21H,1-6,15H2,(H,25,27)(H,29,30)/t16-,21-/m0/s1. The third-order valence-corrected chi connectivity index (χ3v) is 6.29. The maximum absolute atomic E-state index is 13.1. The summed E-state index contributed by atoms with van der Waals surface area (Å²) in [6, 6.07) is 13.1. The van der Waals surface area contributed by atoms with Gasteiger partial charge in [0, 0.05) is 29.4 Å². The topological polar surface area (TPSA) is 86.7 Å². The van der Waals surface area contributed by atoms with Crippen molar-refractivity contribution in [3.8, 4) is 0 Å². The summed E-state index contributed by atoms with van der Waals surface area (Å²) in [7, 11) is 0. The zero-order valence-corrected chi connectivity index (χ0v) is 16.8. The van der Waals surface area contributed by atoms with Gasteiger partial charge in [0.25, 0.3) is 11.8 Å². The summed E-state index contributed by atoms with van der Waals surface area (Å²) < 4.78 is 0. The van der Waals surface area contributed by atoms with Crippen LogP contribution in [0.15, 0.2) is 48.5 Å². The summed E-state index contributed by atoms with van der Waals surface area (Å²) in [6.45, 7) is 0.824. The lowest BCUT2D eigenvalue weighted by Gasteiger charge is -2.44. The Morgan fingerprint density at radius 3 is 2.10 bits per heavy atom. The van der Waals surface area contributed by atoms with Gasteiger partial charge in [-0.25, -0.2) is 4.79 Å². The van der Waals surface area contributed by atoms with E-state index in [0.29, 0.717) is 28.8 Å². The Kier molecular flexibility index (Phi) is 5.84. The number of carboxylic acid groups (broad SMARTS) is 1. The molecular formula is C24H26N2O4. The molecule has 6 heteroatoms. The fourth-order valence-corrected chi connectivity index (χ4v) is 4.71. The van der Waals surface area contributed by atoms with Crippen molar-refractivity contribution in [3.63, 3.8) is 0 Å². The van der Waals surface area contributed by atoms with Crippen molar-refractivity contribution in [1.82, 2.24) is 4.90 Å². The second-order valence-corrected chi connectivity index (χ2v) is 8.17. The maximum atomic E-state index is 13.1. The third-order valence-electron chi connectivity index (χ3n) is 6.29. The van der Waals surface area contributed by atoms with E-state index in [1.807, 2.05) is 0 Å². The summed E-state index contributed by atoms with van der Waals surface area (Å²) >= 11 is 0. The molecular weight excluding hydrogens is 380 g/mol. The van der Waals surface area contributed by atoms with E-state index in [2.05, 4.69) is 10.2 Å². The van der Waals surface area contributed by atoms with Crippen LogP contribution >= 0.6 is 0 Å². The number of carboxylic acids is 1. The maximum Gasteiger partial charge on any atom is 0.335 e. The van der Waals surface area contributed by atoms with E-state index in [4.69, 9.17) is 5.11 Å². The van der Waals surface area contributed by atoms with Crippen LogP contribution in [0.2, 0.25) is 0 Å². The summed E-state index contributed by atoms with van der Waals surface area (Å²) in [6.07, 6.45) is 7.10. The number of carbonyl (C=O) groups excluding carboxylic acids is 2. The Morgan fingerprint density at radius 1 is 0.800 bits per heavy atom. The smallest absolute Gasteiger partial charge is 0.335 e. The van der Waals surface area contributed by atoms with Crippen LogP contribution in [0.1, 0.15) is 69.6 Å². The molecule has 30 heavy (non-hydrogen) atoms. The average molecular weight is 406 g/mol. The van der Waals surface area contributed by atoms with Gasteiger partial charge in [-0.1, -0.05) is 12.8 Å². The molecule has 0 unspecified atom stereocenters. The summed E-state index contributed by atoms with van der Waals surface area (Å²) in [5.41, 5.74) is 1.74. The lowest BCUT2D eigenvalue weighted by atomic mass is 9.78. The molecule has 0 aromatic heterocycles. The van der Waals surface area contributed by atoms with Crippen molar-refractivity contribution in [2.24, 2.45) is 5.92 Å². The van der Waals surface area contributed by atoms with Gasteiger partial charge in [-0.2, -0.15) is 0 Å². The first-order chi connectivity index (χ1) is 14.5. The number of rotatable bonds is 4. The number of nitrogens with one attached hydrogen (secondary N) is 1. The quantitative estimate of drug-likeness (QED) is 0.786. The van der Waals surface area contributed by atoms with Gasteiger partial charge in [0.1, 0.15) is 0 Å². The minimum Gasteiger partial charge on any atom is -0.478 e. The van der Waals surface area contributed by atoms with Gasteiger partial charge in [-0.15, -0.1) is 0 Å². The Hall–Kier alpha value is -3.15. The predicted molar refractivity (Wildman–Crippen MR) is 114 cm³/mol. The molecule has 4 rings (SSSR count). The van der Waals surface area contributed by atoms with Crippen molar-refractivity contribution in [1.29, 1.82) is 0 Å². The van der Waals surface area contributed by atoms with E-state index in [0.717, 1.165) is 19.4 Å². The number of nitrogens with zero attached hydrogens (tertiary/aromatic N) is 1. The number of hydrogen-bond acceptors (Lipinski definition) is 3. The summed E-state index contributed by atoms with van der Waals surface area (Å²) in [4.78, 5) is 38.5. The van der Waals surface area contributed by atoms with E-state index >= 15 is 0 Å². The number of likely N-dealkylation sites (tertiary alicyclic amines) is 1. The number of carbonyl (C=O) groups is 3. The number of aromatic carboxylic acids is 1. The number of fused-ring (bicyclic) bond motifs is 1. The first-order valence-electron chi connectivity index (χ1n) is 10.6. The largest absolute Gasteiger partial charge is 0.478 e. The molecule has 2 aliphatic rings. The number of piperidine rings is 1. The van der Waals surface area contributed by atoms with Crippen LogP contribution in [-0.4, -0.2) is 40.4 Å². The van der Waals surface area contributed by atoms with Crippen LogP contribution in [0.3, 0.4) is 0 Å². The monoisotopic (exact) mass is 406 g/mol. The van der Waals surface area contributed by atoms with Gasteiger partial charge in [-0.05, 0) is 80.1 Å². The summed E-state index contributed by atoms with van der Waals surface area (Å²) in [5, 5.41) is 11.7. The average Bonchev–Trinajstić information content (AvgIpc) is 2.78. The fraction of sp³-hybridized carbons (Fsp3) is 0.375. The van der Waals surface area contributed by atoms with Crippen LogP contribution in [0.5, 0.6) is 0 Å². The number of amides is 2. The van der Waals surface area contributed by atoms with E-state index in [1.165, 1.54) is 49.9 Å². The molecule has 1 aliphatic carbocycles. The number of benzene rings is 2. The van der Waals surface area contributed by atoms with Crippen molar-refractivity contribution < 1.29 is 19.5 Å². The van der Waals surface area contributed by atoms with Crippen LogP contribution in [0.25, 0.3) is 0 Å². The van der Waals surface area contributed by atoms with Crippen molar-refractivity contribution >= 4 is 23.5 Å². The fourth-order valence-electron chi connectivity index (χ4n) is 4.71. The SMILES string of the molecule is O=C(O)c1ccc(C(=O)Nc2ccc(C(=O)N3CCC[C@@H]4CCCC[C@@H]43)cc2)cc1. The molecule has 1 saturated heterocycles. The van der Waals surface area contributed by atoms with Gasteiger partial charge in [0.15, 0.2) is 0 Å². The number of hydrogen-bond donors (Lipinski definition) is 2. The molecule has 2 atom stereocenters. The Bertz CT molecular complexity index is 935. The summed E-state index contributed by atoms with van der Waals surface area (Å²) in [5.74, 6) is -0.640. The van der Waals surface area contributed by atoms with Gasteiger partial charge in [0.05, 0.1) is 5.56 Å². The Morgan fingerprint density at radius 2 is 1.40 bits per heavy atom. The highest BCUT2D eigenvalue weighted by atomic mass is 16.4. The molecule has 2 aromatic carbocycles. The molecule has 0 spiro atoms. The van der Waals surface area contributed by atoms with Crippen molar-refractivity contribution in [3.05, 3.63) is 65.2 Å². The van der Waals surface area contributed by atoms with Gasteiger partial charge in [0.2, 0.25) is 0 Å². The van der Waals surface area contributed by atoms with Gasteiger partial charge >= 0.3 is 5.97 Å². The lowest BCUT2D eigenvalue weighted by molar-refractivity contribution is 0.0390. The molecule has 0 radical (unpaired) electrons. The molecule has 156 valence electrons. The molecule has 0 bridgehead atoms. The molecule has 6 nitrogen and oxygen atoms in total. The third kappa shape index (κ3) is 4.22. The second-order valence-electron chi connectivity index (χ2n) is 8.17. The Labute approximate surface area is 175 Å². The normalized spacial score (nSPS) is 20.9. The molecule has 2 amide bonds. The van der Waals surface area contributed by atoms with Crippen molar-refractivity contribution in [2.75, 3.05) is 11.9 Å². The molecule has 2 N–H and O–H groups in total. The molecule has 1 saturated carbocycles. The number of anilines is 1. The van der Waals surface area contributed by atoms with E-state index in [9.17, 15) is 14.4 Å². The molecule has 1 aliphatic heterocycles. The Balaban J connectivity index is 1.41. The highest BCUT2D eigenvalue weighted by Gasteiger charge is 2.35. The van der Waals surface area contributed by atoms with E-state index in [-0.39, 0.29) is 17.4 Å². The van der Waals surface area contributed by atoms with Crippen LogP contribution in [0, 0.1) is 5.92 Å². The first-order valence-corrected chi connectivity index (χ1v) is 10.6. The van der Waals surface area contributed by atoms with E-state index in [1.54, 1.807) is 24.3 Å². The first kappa shape index (κ1) is 20.1. The van der Waals surface area contributed by atoms with E-state index < -0.39 is 5.97 Å². The molecule has 2 fully saturated rings. The second kappa shape index (κ2) is 8.69. The highest BCUT2D eigenvalue weighted by Crippen LogP contribution is 2.36.